The van der Waals surface area contributed by atoms with E-state index in [4.69, 9.17) is 24.2 Å². The minimum atomic E-state index is -0.969. The maximum Gasteiger partial charge on any atom is 0.410 e. The van der Waals surface area contributed by atoms with Crippen molar-refractivity contribution in [1.82, 2.24) is 45.0 Å². The highest BCUT2D eigenvalue weighted by Gasteiger charge is 2.49. The topological polar surface area (TPSA) is 167 Å². The number of fused-ring (bicyclic) bond motifs is 6. The number of carbonyl (C=O) groups is 4. The third kappa shape index (κ3) is 11.4. The van der Waals surface area contributed by atoms with E-state index in [2.05, 4.69) is 87.3 Å². The van der Waals surface area contributed by atoms with Crippen LogP contribution in [0.15, 0.2) is 35.8 Å². The van der Waals surface area contributed by atoms with E-state index in [9.17, 15) is 19.2 Å². The average Bonchev–Trinajstić information content (AvgIpc) is 3.71. The van der Waals surface area contributed by atoms with Crippen molar-refractivity contribution in [2.24, 2.45) is 16.7 Å². The summed E-state index contributed by atoms with van der Waals surface area (Å²) in [7, 11) is 1.74. The van der Waals surface area contributed by atoms with Gasteiger partial charge in [-0.25, -0.2) is 15.2 Å². The van der Waals surface area contributed by atoms with E-state index >= 15 is 0 Å². The third-order valence-corrected chi connectivity index (χ3v) is 17.7. The maximum atomic E-state index is 14.9. The predicted octanol–water partition coefficient (Wildman–Crippen LogP) is 7.84. The number of hydrogen-bond acceptors (Lipinski definition) is 14. The molecule has 6 bridgehead atoms. The van der Waals surface area contributed by atoms with E-state index in [1.807, 2.05) is 45.7 Å². The van der Waals surface area contributed by atoms with Crippen LogP contribution in [-0.4, -0.2) is 161 Å². The molecule has 1 spiro atoms. The Morgan fingerprint density at radius 1 is 0.987 bits per heavy atom. The van der Waals surface area contributed by atoms with E-state index in [0.29, 0.717) is 63.5 Å². The minimum absolute atomic E-state index is 0.0679. The average molecular weight is 1060 g/mol. The number of thiazole rings is 1. The molecule has 4 saturated heterocycles. The van der Waals surface area contributed by atoms with Crippen LogP contribution in [0, 0.1) is 16.7 Å². The summed E-state index contributed by atoms with van der Waals surface area (Å²) in [6.07, 6.45) is 7.60. The number of methoxy groups -OCH3 is 1. The van der Waals surface area contributed by atoms with Crippen LogP contribution in [0.25, 0.3) is 33.4 Å². The normalized spacial score (nSPS) is 24.8. The molecule has 6 aliphatic rings. The Bertz CT molecular complexity index is 2810. The summed E-state index contributed by atoms with van der Waals surface area (Å²) >= 11 is 1.48. The molecule has 5 fully saturated rings. The molecular weight excluding hydrogens is 981 g/mol. The van der Waals surface area contributed by atoms with Crippen LogP contribution in [-0.2, 0) is 48.0 Å². The number of ether oxygens (including phenoxy) is 3. The highest BCUT2D eigenvalue weighted by molar-refractivity contribution is 7.10. The molecule has 2 N–H and O–H groups in total. The number of aromatic nitrogens is 3. The van der Waals surface area contributed by atoms with Gasteiger partial charge in [0.15, 0.2) is 0 Å². The van der Waals surface area contributed by atoms with E-state index in [1.165, 1.54) is 29.2 Å². The first kappa shape index (κ1) is 54.2. The van der Waals surface area contributed by atoms with Gasteiger partial charge in [0, 0.05) is 117 Å². The number of nitrogens with one attached hydrogen (secondary N) is 2. The second-order valence-corrected chi connectivity index (χ2v) is 25.7. The van der Waals surface area contributed by atoms with Gasteiger partial charge in [0.05, 0.1) is 52.7 Å². The number of piperazine rings is 1. The molecule has 0 radical (unpaired) electrons. The van der Waals surface area contributed by atoms with Crippen molar-refractivity contribution in [2.45, 2.75) is 156 Å². The molecule has 3 aromatic heterocycles. The zero-order valence-corrected chi connectivity index (χ0v) is 47.5. The Morgan fingerprint density at radius 2 is 1.75 bits per heavy atom. The van der Waals surface area contributed by atoms with E-state index < -0.39 is 35.1 Å². The van der Waals surface area contributed by atoms with Crippen LogP contribution < -0.4 is 15.6 Å². The number of rotatable bonds is 10. The molecule has 17 nitrogen and oxygen atoms in total. The number of amides is 3. The lowest BCUT2D eigenvalue weighted by atomic mass is 9.84. The highest BCUT2D eigenvalue weighted by atomic mass is 32.1. The van der Waals surface area contributed by atoms with Gasteiger partial charge in [-0.2, -0.15) is 0 Å². The van der Waals surface area contributed by atoms with Gasteiger partial charge in [-0.3, -0.25) is 34.2 Å². The molecule has 10 rings (SSSR count). The number of benzene rings is 1. The van der Waals surface area contributed by atoms with Crippen LogP contribution in [0.2, 0.25) is 0 Å². The van der Waals surface area contributed by atoms with Crippen molar-refractivity contribution < 1.29 is 33.4 Å². The molecule has 5 aliphatic heterocycles. The van der Waals surface area contributed by atoms with E-state index in [-0.39, 0.29) is 48.4 Å². The Kier molecular flexibility index (Phi) is 15.4. The van der Waals surface area contributed by atoms with E-state index in [1.54, 1.807) is 7.11 Å². The molecule has 3 amide bonds. The smallest absolute Gasteiger partial charge is 0.410 e. The number of hydrogen-bond donors (Lipinski definition) is 2. The number of hydrazine groups is 1. The Hall–Kier alpha value is -5.14. The molecule has 1 aromatic carbocycles. The molecule has 76 heavy (non-hydrogen) atoms. The number of aryl methyl sites for hydroxylation is 1. The number of pyridine rings is 1. The van der Waals surface area contributed by atoms with Crippen molar-refractivity contribution in [1.29, 1.82) is 0 Å². The van der Waals surface area contributed by atoms with Crippen molar-refractivity contribution in [3.05, 3.63) is 52.1 Å². The lowest BCUT2D eigenvalue weighted by molar-refractivity contribution is -0.155. The summed E-state index contributed by atoms with van der Waals surface area (Å²) in [5.74, 6) is -1.03. The van der Waals surface area contributed by atoms with Crippen LogP contribution in [0.5, 0.6) is 0 Å². The van der Waals surface area contributed by atoms with Crippen molar-refractivity contribution in [2.75, 3.05) is 77.5 Å². The summed E-state index contributed by atoms with van der Waals surface area (Å²) in [5.41, 5.74) is 10.1. The van der Waals surface area contributed by atoms with Gasteiger partial charge in [-0.05, 0) is 116 Å². The van der Waals surface area contributed by atoms with Crippen LogP contribution in [0.1, 0.15) is 123 Å². The monoisotopic (exact) mass is 1060 g/mol. The molecule has 1 aliphatic carbocycles. The van der Waals surface area contributed by atoms with Crippen molar-refractivity contribution >= 4 is 51.8 Å². The molecule has 4 aromatic rings. The van der Waals surface area contributed by atoms with Crippen LogP contribution in [0.4, 0.5) is 10.5 Å². The third-order valence-electron chi connectivity index (χ3n) is 16.8. The van der Waals surface area contributed by atoms with Crippen LogP contribution >= 0.6 is 11.3 Å². The quantitative estimate of drug-likeness (QED) is 0.148. The Balaban J connectivity index is 0.985. The first-order chi connectivity index (χ1) is 36.2. The fraction of sp³-hybridized carbons (Fsp3) is 0.655. The lowest BCUT2D eigenvalue weighted by Crippen LogP contribution is -2.62. The second kappa shape index (κ2) is 21.6. The summed E-state index contributed by atoms with van der Waals surface area (Å²) in [4.78, 5) is 76.6. The van der Waals surface area contributed by atoms with Crippen molar-refractivity contribution in [3.63, 3.8) is 0 Å². The first-order valence-corrected chi connectivity index (χ1v) is 29.0. The van der Waals surface area contributed by atoms with E-state index in [0.717, 1.165) is 95.4 Å². The molecular formula is C58H82N10O7S. The number of carbonyl (C=O) groups excluding carboxylic acids is 4. The summed E-state index contributed by atoms with van der Waals surface area (Å²) < 4.78 is 20.4. The highest BCUT2D eigenvalue weighted by Crippen LogP contribution is 2.44. The standard InChI is InChI=1S/C58H82N10O7S/c1-11-67-47-17-14-38-27-41(47)43(51(67)42-28-40(31-59-49(42)37(4)73-10)64-25-23-63(24-26-64)39-15-16-39)30-57(8,9)35-74-54(71)44-13-12-20-68(62-44)53(70)45(29-48-60-46(38)32-76-48)61-52(69)50(36(2)3)65-21-18-58(33-65)19-22-66(34-58)55(72)75-56(5,6)7/h14,17,27-28,31-32,36-37,39,44-45,50,62H,11-13,15-16,18-26,29-30,33-35H2,1-10H3,(H,61,69)/t37-,44-,45-,50-,58-/m0/s1. The largest absolute Gasteiger partial charge is 0.464 e. The molecule has 5 atom stereocenters. The number of anilines is 1. The lowest BCUT2D eigenvalue weighted by Gasteiger charge is -2.37. The number of nitrogens with zero attached hydrogens (tertiary/aromatic N) is 8. The predicted molar refractivity (Wildman–Crippen MR) is 296 cm³/mol. The molecule has 0 unspecified atom stereocenters. The van der Waals surface area contributed by atoms with Crippen molar-refractivity contribution in [3.8, 4) is 22.5 Å². The number of cyclic esters (lactones) is 1. The summed E-state index contributed by atoms with van der Waals surface area (Å²) in [6.45, 7) is 26.1. The SMILES string of the molecule is CCn1c(-c2cc(N3CCN(C4CC4)CC3)cnc2[C@H](C)OC)c2c3cc(ccc31)-c1csc(n1)C[C@H](NC(=O)[C@H](C(C)C)N1CC[C@]3(CCN(C(=O)OC(C)(C)C)C3)C1)C(=O)N1CCC[C@H](N1)C(=O)OCC(C)(C)C2. The van der Waals surface area contributed by atoms with Gasteiger partial charge in [0.1, 0.15) is 17.7 Å². The van der Waals surface area contributed by atoms with Gasteiger partial charge in [0.2, 0.25) is 5.91 Å². The van der Waals surface area contributed by atoms with Crippen LogP contribution in [0.3, 0.4) is 0 Å². The molecule has 18 heteroatoms. The molecule has 412 valence electrons. The number of likely N-dealkylation sites (tertiary alicyclic amines) is 2. The van der Waals surface area contributed by atoms with Gasteiger partial charge in [-0.15, -0.1) is 11.3 Å². The maximum absolute atomic E-state index is 14.9. The van der Waals surface area contributed by atoms with Gasteiger partial charge in [-0.1, -0.05) is 33.8 Å². The minimum Gasteiger partial charge on any atom is -0.464 e. The molecule has 1 saturated carbocycles. The van der Waals surface area contributed by atoms with Gasteiger partial charge < -0.3 is 33.9 Å². The fourth-order valence-electron chi connectivity index (χ4n) is 12.7. The fourth-order valence-corrected chi connectivity index (χ4v) is 13.5. The van der Waals surface area contributed by atoms with Gasteiger partial charge >= 0.3 is 12.1 Å². The second-order valence-electron chi connectivity index (χ2n) is 24.8. The Morgan fingerprint density at radius 3 is 2.46 bits per heavy atom. The summed E-state index contributed by atoms with van der Waals surface area (Å²) in [6, 6.07) is 7.41. The Labute approximate surface area is 453 Å². The first-order valence-electron chi connectivity index (χ1n) is 28.1. The zero-order chi connectivity index (χ0) is 53.8. The molecule has 8 heterocycles. The zero-order valence-electron chi connectivity index (χ0n) is 46.7. The number of esters is 1. The summed E-state index contributed by atoms with van der Waals surface area (Å²) in [5, 5.41) is 8.60. The van der Waals surface area contributed by atoms with Gasteiger partial charge in [0.25, 0.3) is 5.91 Å².